The molecule has 1 saturated heterocycles. The molecule has 1 N–H and O–H groups in total. The second-order valence-electron chi connectivity index (χ2n) is 7.45. The third-order valence-electron chi connectivity index (χ3n) is 5.10. The lowest BCUT2D eigenvalue weighted by Gasteiger charge is -2.23. The van der Waals surface area contributed by atoms with Crippen LogP contribution in [0.5, 0.6) is 5.75 Å². The van der Waals surface area contributed by atoms with Crippen LogP contribution in [0.3, 0.4) is 0 Å². The van der Waals surface area contributed by atoms with Crippen LogP contribution >= 0.6 is 0 Å². The van der Waals surface area contributed by atoms with Crippen LogP contribution in [0.1, 0.15) is 24.0 Å². The molecule has 0 spiro atoms. The zero-order valence-corrected chi connectivity index (χ0v) is 18.5. The summed E-state index contributed by atoms with van der Waals surface area (Å²) in [5.74, 6) is 0.123. The Labute approximate surface area is 182 Å². The third-order valence-corrected chi connectivity index (χ3v) is 6.23. The van der Waals surface area contributed by atoms with E-state index in [0.717, 1.165) is 34.7 Å². The van der Waals surface area contributed by atoms with Gasteiger partial charge in [0.25, 0.3) is 0 Å². The van der Waals surface area contributed by atoms with Gasteiger partial charge in [-0.1, -0.05) is 36.4 Å². The number of hydrogen-bond acceptors (Lipinski definition) is 5. The first-order valence-corrected chi connectivity index (χ1v) is 11.9. The van der Waals surface area contributed by atoms with Gasteiger partial charge in [0, 0.05) is 26.1 Å². The number of rotatable bonds is 9. The second kappa shape index (κ2) is 9.82. The standard InChI is InChI=1S/C22H27N3O5S/c1-30-20-7-4-3-6-19(20)25(31(2,28)29)16-21(26)23-14-17-9-11-18(12-10-17)15-24-13-5-8-22(24)27/h3-4,6-7,9-12H,5,8,13-16H2,1-2H3,(H,23,26). The highest BCUT2D eigenvalue weighted by Crippen LogP contribution is 2.29. The van der Waals surface area contributed by atoms with Crippen molar-refractivity contribution >= 4 is 27.5 Å². The Hall–Kier alpha value is -3.07. The maximum atomic E-state index is 12.5. The van der Waals surface area contributed by atoms with E-state index in [1.54, 1.807) is 24.3 Å². The van der Waals surface area contributed by atoms with Crippen LogP contribution in [-0.4, -0.2) is 51.6 Å². The first kappa shape index (κ1) is 22.6. The van der Waals surface area contributed by atoms with Crippen molar-refractivity contribution in [3.05, 3.63) is 59.7 Å². The summed E-state index contributed by atoms with van der Waals surface area (Å²) in [6.45, 7) is 1.30. The summed E-state index contributed by atoms with van der Waals surface area (Å²) in [5, 5.41) is 2.76. The van der Waals surface area contributed by atoms with Crippen molar-refractivity contribution in [1.82, 2.24) is 10.2 Å². The maximum absolute atomic E-state index is 12.5. The number of hydrogen-bond donors (Lipinski definition) is 1. The van der Waals surface area contributed by atoms with Crippen LogP contribution < -0.4 is 14.4 Å². The molecule has 1 fully saturated rings. The summed E-state index contributed by atoms with van der Waals surface area (Å²) in [5.41, 5.74) is 2.22. The number of carbonyl (C=O) groups excluding carboxylic acids is 2. The van der Waals surface area contributed by atoms with Gasteiger partial charge in [0.05, 0.1) is 19.1 Å². The van der Waals surface area contributed by atoms with Gasteiger partial charge >= 0.3 is 0 Å². The SMILES string of the molecule is COc1ccccc1N(CC(=O)NCc1ccc(CN2CCCC2=O)cc1)S(C)(=O)=O. The lowest BCUT2D eigenvalue weighted by molar-refractivity contribution is -0.128. The largest absolute Gasteiger partial charge is 0.495 e. The fraction of sp³-hybridized carbons (Fsp3) is 0.364. The zero-order chi connectivity index (χ0) is 22.4. The molecule has 0 radical (unpaired) electrons. The minimum atomic E-state index is -3.69. The van der Waals surface area contributed by atoms with E-state index in [-0.39, 0.29) is 19.0 Å². The molecular weight excluding hydrogens is 418 g/mol. The van der Waals surface area contributed by atoms with E-state index in [9.17, 15) is 18.0 Å². The molecule has 8 nitrogen and oxygen atoms in total. The lowest BCUT2D eigenvalue weighted by atomic mass is 10.1. The van der Waals surface area contributed by atoms with Crippen LogP contribution in [0, 0.1) is 0 Å². The Morgan fingerprint density at radius 3 is 2.42 bits per heavy atom. The number of sulfonamides is 1. The quantitative estimate of drug-likeness (QED) is 0.636. The van der Waals surface area contributed by atoms with E-state index in [1.165, 1.54) is 7.11 Å². The van der Waals surface area contributed by atoms with Crippen molar-refractivity contribution in [3.63, 3.8) is 0 Å². The molecule has 0 saturated carbocycles. The topological polar surface area (TPSA) is 96.0 Å². The molecule has 2 aromatic carbocycles. The Bertz CT molecular complexity index is 1040. The van der Waals surface area contributed by atoms with Crippen LogP contribution in [0.15, 0.2) is 48.5 Å². The van der Waals surface area contributed by atoms with Crippen LogP contribution in [0.4, 0.5) is 5.69 Å². The van der Waals surface area contributed by atoms with Crippen LogP contribution in [0.2, 0.25) is 0 Å². The molecule has 0 aromatic heterocycles. The smallest absolute Gasteiger partial charge is 0.241 e. The normalized spacial score (nSPS) is 13.9. The molecular formula is C22H27N3O5S. The Kier molecular flexibility index (Phi) is 7.17. The van der Waals surface area contributed by atoms with E-state index in [4.69, 9.17) is 4.74 Å². The Morgan fingerprint density at radius 2 is 1.81 bits per heavy atom. The molecule has 9 heteroatoms. The number of amides is 2. The molecule has 0 atom stereocenters. The predicted molar refractivity (Wildman–Crippen MR) is 118 cm³/mol. The predicted octanol–water partition coefficient (Wildman–Crippen LogP) is 1.90. The fourth-order valence-corrected chi connectivity index (χ4v) is 4.32. The van der Waals surface area contributed by atoms with Gasteiger partial charge in [0.15, 0.2) is 0 Å². The van der Waals surface area contributed by atoms with Crippen molar-refractivity contribution in [1.29, 1.82) is 0 Å². The first-order chi connectivity index (χ1) is 14.8. The van der Waals surface area contributed by atoms with Crippen LogP contribution in [-0.2, 0) is 32.7 Å². The lowest BCUT2D eigenvalue weighted by Crippen LogP contribution is -2.40. The van der Waals surface area contributed by atoms with Gasteiger partial charge in [0.1, 0.15) is 12.3 Å². The number of benzene rings is 2. The highest BCUT2D eigenvalue weighted by atomic mass is 32.2. The molecule has 0 unspecified atom stereocenters. The monoisotopic (exact) mass is 445 g/mol. The van der Waals surface area contributed by atoms with Gasteiger partial charge in [-0.2, -0.15) is 0 Å². The Morgan fingerprint density at radius 1 is 1.13 bits per heavy atom. The molecule has 31 heavy (non-hydrogen) atoms. The molecule has 0 aliphatic carbocycles. The minimum Gasteiger partial charge on any atom is -0.495 e. The highest BCUT2D eigenvalue weighted by molar-refractivity contribution is 7.92. The number of carbonyl (C=O) groups is 2. The molecule has 1 heterocycles. The van der Waals surface area contributed by atoms with Crippen molar-refractivity contribution in [2.75, 3.05) is 30.8 Å². The van der Waals surface area contributed by atoms with Gasteiger partial charge in [-0.15, -0.1) is 0 Å². The molecule has 0 bridgehead atoms. The summed E-state index contributed by atoms with van der Waals surface area (Å²) in [7, 11) is -2.24. The third kappa shape index (κ3) is 5.97. The van der Waals surface area contributed by atoms with Crippen molar-refractivity contribution in [2.45, 2.75) is 25.9 Å². The van der Waals surface area contributed by atoms with Gasteiger partial charge in [-0.25, -0.2) is 8.42 Å². The molecule has 1 aliphatic heterocycles. The molecule has 2 amide bonds. The number of ether oxygens (including phenoxy) is 1. The fourth-order valence-electron chi connectivity index (χ4n) is 3.46. The number of likely N-dealkylation sites (tertiary alicyclic amines) is 1. The average Bonchev–Trinajstić information content (AvgIpc) is 3.15. The van der Waals surface area contributed by atoms with E-state index >= 15 is 0 Å². The van der Waals surface area contributed by atoms with E-state index in [0.29, 0.717) is 24.4 Å². The number of nitrogens with one attached hydrogen (secondary N) is 1. The number of methoxy groups -OCH3 is 1. The summed E-state index contributed by atoms with van der Waals surface area (Å²) >= 11 is 0. The van der Waals surface area contributed by atoms with Crippen molar-refractivity contribution in [3.8, 4) is 5.75 Å². The van der Waals surface area contributed by atoms with Crippen LogP contribution in [0.25, 0.3) is 0 Å². The molecule has 3 rings (SSSR count). The van der Waals surface area contributed by atoms with Gasteiger partial charge in [-0.3, -0.25) is 13.9 Å². The van der Waals surface area contributed by atoms with E-state index in [1.807, 2.05) is 29.2 Å². The highest BCUT2D eigenvalue weighted by Gasteiger charge is 2.23. The number of nitrogens with zero attached hydrogens (tertiary/aromatic N) is 2. The summed E-state index contributed by atoms with van der Waals surface area (Å²) < 4.78 is 30.8. The number of anilines is 1. The summed E-state index contributed by atoms with van der Waals surface area (Å²) in [4.78, 5) is 26.1. The average molecular weight is 446 g/mol. The van der Waals surface area contributed by atoms with Crippen molar-refractivity contribution < 1.29 is 22.7 Å². The zero-order valence-electron chi connectivity index (χ0n) is 17.7. The molecule has 2 aromatic rings. The second-order valence-corrected chi connectivity index (χ2v) is 9.36. The van der Waals surface area contributed by atoms with Gasteiger partial charge in [-0.05, 0) is 29.7 Å². The Balaban J connectivity index is 1.59. The number of para-hydroxylation sites is 2. The molecule has 1 aliphatic rings. The maximum Gasteiger partial charge on any atom is 0.241 e. The molecule has 166 valence electrons. The minimum absolute atomic E-state index is 0.182. The van der Waals surface area contributed by atoms with Gasteiger partial charge < -0.3 is 15.0 Å². The van der Waals surface area contributed by atoms with Gasteiger partial charge in [0.2, 0.25) is 21.8 Å². The van der Waals surface area contributed by atoms with E-state index < -0.39 is 15.9 Å². The van der Waals surface area contributed by atoms with Crippen molar-refractivity contribution in [2.24, 2.45) is 0 Å². The summed E-state index contributed by atoms with van der Waals surface area (Å²) in [6.07, 6.45) is 2.57. The first-order valence-electron chi connectivity index (χ1n) is 10.0. The summed E-state index contributed by atoms with van der Waals surface area (Å²) in [6, 6.07) is 14.3. The van der Waals surface area contributed by atoms with E-state index in [2.05, 4.69) is 5.32 Å².